The van der Waals surface area contributed by atoms with E-state index in [-0.39, 0.29) is 12.5 Å². The molecule has 4 heteroatoms. The number of aliphatic hydroxyl groups is 1. The molecule has 0 aromatic heterocycles. The van der Waals surface area contributed by atoms with Crippen LogP contribution < -0.4 is 5.73 Å². The summed E-state index contributed by atoms with van der Waals surface area (Å²) in [7, 11) is 1.63. The van der Waals surface area contributed by atoms with Crippen molar-refractivity contribution in [3.8, 4) is 0 Å². The Bertz CT molecular complexity index is 349. The summed E-state index contributed by atoms with van der Waals surface area (Å²) in [5, 5.41) is 8.74. The molecule has 1 unspecified atom stereocenters. The van der Waals surface area contributed by atoms with Crippen LogP contribution in [-0.2, 0) is 4.79 Å². The number of amides is 1. The number of hydrogen-bond acceptors (Lipinski definition) is 3. The number of benzene rings is 1. The van der Waals surface area contributed by atoms with Gasteiger partial charge in [0.25, 0.3) is 0 Å². The number of carbonyl (C=O) groups excluding carboxylic acids is 1. The lowest BCUT2D eigenvalue weighted by Gasteiger charge is -2.20. The zero-order chi connectivity index (χ0) is 12.1. The van der Waals surface area contributed by atoms with Gasteiger partial charge in [-0.15, -0.1) is 0 Å². The summed E-state index contributed by atoms with van der Waals surface area (Å²) in [6.45, 7) is 2.23. The van der Waals surface area contributed by atoms with Crippen molar-refractivity contribution in [3.63, 3.8) is 0 Å². The average Bonchev–Trinajstić information content (AvgIpc) is 2.28. The Hall–Kier alpha value is -1.39. The summed E-state index contributed by atoms with van der Waals surface area (Å²) >= 11 is 0. The van der Waals surface area contributed by atoms with Gasteiger partial charge in [0.1, 0.15) is 6.04 Å². The topological polar surface area (TPSA) is 66.6 Å². The van der Waals surface area contributed by atoms with E-state index in [0.29, 0.717) is 6.54 Å². The van der Waals surface area contributed by atoms with Crippen LogP contribution in [0.5, 0.6) is 0 Å². The third kappa shape index (κ3) is 3.05. The maximum absolute atomic E-state index is 11.8. The minimum atomic E-state index is -0.655. The summed E-state index contributed by atoms with van der Waals surface area (Å²) in [6, 6.07) is 6.90. The highest BCUT2D eigenvalue weighted by Gasteiger charge is 2.18. The Morgan fingerprint density at radius 1 is 1.44 bits per heavy atom. The maximum atomic E-state index is 11.8. The molecule has 0 saturated carbocycles. The number of hydrogen-bond donors (Lipinski definition) is 2. The monoisotopic (exact) mass is 222 g/mol. The van der Waals surface area contributed by atoms with Gasteiger partial charge in [-0.3, -0.25) is 4.79 Å². The number of nitrogens with two attached hydrogens (primary N) is 1. The zero-order valence-electron chi connectivity index (χ0n) is 9.68. The van der Waals surface area contributed by atoms with Crippen LogP contribution in [0.2, 0.25) is 0 Å². The third-order valence-corrected chi connectivity index (χ3v) is 2.51. The van der Waals surface area contributed by atoms with Crippen LogP contribution in [0.15, 0.2) is 24.3 Å². The van der Waals surface area contributed by atoms with E-state index in [0.717, 1.165) is 11.1 Å². The molecule has 0 aliphatic rings. The molecule has 0 saturated heterocycles. The molecule has 4 nitrogen and oxygen atoms in total. The first-order valence-electron chi connectivity index (χ1n) is 5.24. The molecule has 1 aromatic rings. The molecule has 0 aliphatic carbocycles. The molecular formula is C12H18N2O2. The van der Waals surface area contributed by atoms with Crippen LogP contribution in [0, 0.1) is 6.92 Å². The van der Waals surface area contributed by atoms with Gasteiger partial charge < -0.3 is 15.7 Å². The van der Waals surface area contributed by atoms with Crippen molar-refractivity contribution >= 4 is 5.91 Å². The second kappa shape index (κ2) is 5.63. The molecule has 3 N–H and O–H groups in total. The van der Waals surface area contributed by atoms with Gasteiger partial charge in [0.2, 0.25) is 5.91 Å². The number of likely N-dealkylation sites (N-methyl/N-ethyl adjacent to an activating group) is 1. The second-order valence-corrected chi connectivity index (χ2v) is 3.87. The molecular weight excluding hydrogens is 204 g/mol. The van der Waals surface area contributed by atoms with Gasteiger partial charge >= 0.3 is 0 Å². The summed E-state index contributed by atoms with van der Waals surface area (Å²) in [5.74, 6) is -0.182. The van der Waals surface area contributed by atoms with Gasteiger partial charge in [-0.25, -0.2) is 0 Å². The number of aliphatic hydroxyl groups excluding tert-OH is 1. The Morgan fingerprint density at radius 2 is 2.00 bits per heavy atom. The van der Waals surface area contributed by atoms with Gasteiger partial charge in [0.15, 0.2) is 0 Å². The lowest BCUT2D eigenvalue weighted by atomic mass is 10.1. The van der Waals surface area contributed by atoms with Gasteiger partial charge in [0, 0.05) is 13.6 Å². The molecule has 0 fully saturated rings. The first-order valence-corrected chi connectivity index (χ1v) is 5.24. The van der Waals surface area contributed by atoms with Crippen LogP contribution in [0.4, 0.5) is 0 Å². The number of rotatable bonds is 4. The molecule has 1 rings (SSSR count). The van der Waals surface area contributed by atoms with Gasteiger partial charge in [-0.05, 0) is 12.5 Å². The van der Waals surface area contributed by atoms with Crippen molar-refractivity contribution in [2.45, 2.75) is 13.0 Å². The van der Waals surface area contributed by atoms with Crippen molar-refractivity contribution in [1.29, 1.82) is 0 Å². The van der Waals surface area contributed by atoms with Crippen molar-refractivity contribution in [3.05, 3.63) is 35.4 Å². The number of nitrogens with zero attached hydrogens (tertiary/aromatic N) is 1. The van der Waals surface area contributed by atoms with Gasteiger partial charge in [-0.1, -0.05) is 29.8 Å². The van der Waals surface area contributed by atoms with Crippen molar-refractivity contribution in [2.24, 2.45) is 5.73 Å². The normalized spacial score (nSPS) is 12.2. The van der Waals surface area contributed by atoms with E-state index in [2.05, 4.69) is 0 Å². The summed E-state index contributed by atoms with van der Waals surface area (Å²) in [4.78, 5) is 13.2. The fourth-order valence-corrected chi connectivity index (χ4v) is 1.41. The second-order valence-electron chi connectivity index (χ2n) is 3.87. The summed E-state index contributed by atoms with van der Waals surface area (Å²) in [6.07, 6.45) is 0. The van der Waals surface area contributed by atoms with Gasteiger partial charge in [0.05, 0.1) is 6.61 Å². The first-order chi connectivity index (χ1) is 7.56. The van der Waals surface area contributed by atoms with E-state index >= 15 is 0 Å². The fourth-order valence-electron chi connectivity index (χ4n) is 1.41. The predicted molar refractivity (Wildman–Crippen MR) is 62.8 cm³/mol. The van der Waals surface area contributed by atoms with E-state index in [9.17, 15) is 4.79 Å². The van der Waals surface area contributed by atoms with Gasteiger partial charge in [-0.2, -0.15) is 0 Å². The Labute approximate surface area is 95.7 Å². The number of aryl methyl sites for hydroxylation is 1. The SMILES string of the molecule is Cc1ccc(C(N)C(=O)N(C)CCO)cc1. The largest absolute Gasteiger partial charge is 0.395 e. The van der Waals surface area contributed by atoms with Crippen molar-refractivity contribution < 1.29 is 9.90 Å². The van der Waals surface area contributed by atoms with Crippen LogP contribution in [0.3, 0.4) is 0 Å². The highest BCUT2D eigenvalue weighted by Crippen LogP contribution is 2.13. The average molecular weight is 222 g/mol. The van der Waals surface area contributed by atoms with Crippen LogP contribution >= 0.6 is 0 Å². The molecule has 0 spiro atoms. The minimum Gasteiger partial charge on any atom is -0.395 e. The van der Waals surface area contributed by atoms with Crippen LogP contribution in [0.1, 0.15) is 17.2 Å². The molecule has 1 aromatic carbocycles. The van der Waals surface area contributed by atoms with Crippen molar-refractivity contribution in [2.75, 3.05) is 20.2 Å². The molecule has 16 heavy (non-hydrogen) atoms. The molecule has 0 radical (unpaired) electrons. The Balaban J connectivity index is 2.73. The molecule has 1 amide bonds. The van der Waals surface area contributed by atoms with Crippen LogP contribution in [-0.4, -0.2) is 36.1 Å². The lowest BCUT2D eigenvalue weighted by Crippen LogP contribution is -2.37. The molecule has 0 bridgehead atoms. The lowest BCUT2D eigenvalue weighted by molar-refractivity contribution is -0.131. The van der Waals surface area contributed by atoms with Crippen LogP contribution in [0.25, 0.3) is 0 Å². The predicted octanol–water partition coefficient (Wildman–Crippen LogP) is 0.446. The first kappa shape index (κ1) is 12.7. The zero-order valence-corrected chi connectivity index (χ0v) is 9.68. The van der Waals surface area contributed by atoms with E-state index in [1.807, 2.05) is 31.2 Å². The van der Waals surface area contributed by atoms with E-state index in [1.165, 1.54) is 4.90 Å². The van der Waals surface area contributed by atoms with E-state index < -0.39 is 6.04 Å². The molecule has 88 valence electrons. The molecule has 0 heterocycles. The highest BCUT2D eigenvalue weighted by atomic mass is 16.3. The quantitative estimate of drug-likeness (QED) is 0.777. The van der Waals surface area contributed by atoms with Crippen molar-refractivity contribution in [1.82, 2.24) is 4.90 Å². The summed E-state index contributed by atoms with van der Waals surface area (Å²) in [5.41, 5.74) is 7.77. The smallest absolute Gasteiger partial charge is 0.243 e. The maximum Gasteiger partial charge on any atom is 0.243 e. The summed E-state index contributed by atoms with van der Waals surface area (Å²) < 4.78 is 0. The Morgan fingerprint density at radius 3 is 2.50 bits per heavy atom. The van der Waals surface area contributed by atoms with E-state index in [4.69, 9.17) is 10.8 Å². The molecule has 0 aliphatic heterocycles. The highest BCUT2D eigenvalue weighted by molar-refractivity contribution is 5.82. The standard InChI is InChI=1S/C12H18N2O2/c1-9-3-5-10(6-4-9)11(13)12(16)14(2)7-8-15/h3-6,11,15H,7-8,13H2,1-2H3. The molecule has 1 atom stereocenters. The third-order valence-electron chi connectivity index (χ3n) is 2.51. The van der Waals surface area contributed by atoms with E-state index in [1.54, 1.807) is 7.05 Å². The minimum absolute atomic E-state index is 0.0527. The Kier molecular flexibility index (Phi) is 4.46. The number of carbonyl (C=O) groups is 1. The fraction of sp³-hybridized carbons (Fsp3) is 0.417.